The molecule has 112 valence electrons. The molecule has 1 aliphatic rings. The fourth-order valence-electron chi connectivity index (χ4n) is 1.69. The van der Waals surface area contributed by atoms with Gasteiger partial charge in [0.25, 0.3) is 0 Å². The molecule has 2 N–H and O–H groups in total. The van der Waals surface area contributed by atoms with Crippen LogP contribution in [0.1, 0.15) is 12.8 Å². The predicted molar refractivity (Wildman–Crippen MR) is 77.7 cm³/mol. The average molecular weight is 303 g/mol. The minimum Gasteiger partial charge on any atom is -0.492 e. The van der Waals surface area contributed by atoms with E-state index in [1.807, 2.05) is 0 Å². The van der Waals surface area contributed by atoms with E-state index >= 15 is 0 Å². The summed E-state index contributed by atoms with van der Waals surface area (Å²) < 4.78 is 18.2. The molecule has 1 aromatic rings. The van der Waals surface area contributed by atoms with Crippen molar-refractivity contribution in [3.63, 3.8) is 0 Å². The molecule has 1 aliphatic carbocycles. The molecule has 2 rings (SSSR count). The fraction of sp³-hybridized carbons (Fsp3) is 0.500. The van der Waals surface area contributed by atoms with E-state index in [2.05, 4.69) is 10.6 Å². The summed E-state index contributed by atoms with van der Waals surface area (Å²) in [5.41, 5.74) is 0. The molecule has 6 heteroatoms. The van der Waals surface area contributed by atoms with Crippen molar-refractivity contribution in [1.29, 1.82) is 0 Å². The Morgan fingerprint density at radius 3 is 2.90 bits per heavy atom. The zero-order valence-electron chi connectivity index (χ0n) is 11.2. The summed E-state index contributed by atoms with van der Waals surface area (Å²) in [5, 5.41) is 5.85. The summed E-state index contributed by atoms with van der Waals surface area (Å²) >= 11 is 0. The first-order chi connectivity index (χ1) is 9.24. The van der Waals surface area contributed by atoms with Crippen LogP contribution in [-0.4, -0.2) is 32.1 Å². The summed E-state index contributed by atoms with van der Waals surface area (Å²) in [6.07, 6.45) is 2.55. The van der Waals surface area contributed by atoms with E-state index in [0.717, 1.165) is 12.5 Å². The molecule has 1 aromatic carbocycles. The lowest BCUT2D eigenvalue weighted by molar-refractivity contribution is -0.120. The Morgan fingerprint density at radius 1 is 1.40 bits per heavy atom. The first-order valence-corrected chi connectivity index (χ1v) is 6.60. The monoisotopic (exact) mass is 302 g/mol. The van der Waals surface area contributed by atoms with E-state index in [1.165, 1.54) is 25.0 Å². The number of benzene rings is 1. The summed E-state index contributed by atoms with van der Waals surface area (Å²) in [6, 6.07) is 5.95. The fourth-order valence-corrected chi connectivity index (χ4v) is 1.69. The van der Waals surface area contributed by atoms with Crippen molar-refractivity contribution < 1.29 is 13.9 Å². The van der Waals surface area contributed by atoms with Crippen LogP contribution < -0.4 is 15.4 Å². The number of rotatable bonds is 8. The van der Waals surface area contributed by atoms with Crippen molar-refractivity contribution in [3.05, 3.63) is 30.1 Å². The van der Waals surface area contributed by atoms with Crippen LogP contribution >= 0.6 is 12.4 Å². The van der Waals surface area contributed by atoms with Gasteiger partial charge in [0.15, 0.2) is 0 Å². The standard InChI is InChI=1S/C14H19FN2O2.ClH/c15-12-2-1-3-13(8-12)19-7-6-17-14(18)10-16-9-11-4-5-11;/h1-3,8,11,16H,4-7,9-10H2,(H,17,18);1H. The Kier molecular flexibility index (Phi) is 7.33. The Hall–Kier alpha value is -1.33. The molecule has 0 spiro atoms. The summed E-state index contributed by atoms with van der Waals surface area (Å²) in [6.45, 7) is 2.02. The Morgan fingerprint density at radius 2 is 2.20 bits per heavy atom. The van der Waals surface area contributed by atoms with Crippen LogP contribution in [0, 0.1) is 11.7 Å². The minimum absolute atomic E-state index is 0. The Balaban J connectivity index is 0.00000200. The van der Waals surface area contributed by atoms with Gasteiger partial charge in [-0.05, 0) is 37.4 Å². The van der Waals surface area contributed by atoms with Gasteiger partial charge >= 0.3 is 0 Å². The van der Waals surface area contributed by atoms with Crippen LogP contribution in [0.3, 0.4) is 0 Å². The van der Waals surface area contributed by atoms with Gasteiger partial charge in [-0.2, -0.15) is 0 Å². The van der Waals surface area contributed by atoms with Crippen LogP contribution in [0.5, 0.6) is 5.75 Å². The maximum absolute atomic E-state index is 12.9. The topological polar surface area (TPSA) is 50.4 Å². The van der Waals surface area contributed by atoms with E-state index in [-0.39, 0.29) is 24.1 Å². The van der Waals surface area contributed by atoms with E-state index in [1.54, 1.807) is 12.1 Å². The minimum atomic E-state index is -0.328. The second-order valence-electron chi connectivity index (χ2n) is 4.73. The van der Waals surface area contributed by atoms with E-state index in [9.17, 15) is 9.18 Å². The van der Waals surface area contributed by atoms with Crippen molar-refractivity contribution in [2.45, 2.75) is 12.8 Å². The lowest BCUT2D eigenvalue weighted by Crippen LogP contribution is -2.36. The third-order valence-corrected chi connectivity index (χ3v) is 2.90. The maximum atomic E-state index is 12.9. The Bertz CT molecular complexity index is 427. The molecule has 20 heavy (non-hydrogen) atoms. The number of carbonyl (C=O) groups is 1. The molecule has 4 nitrogen and oxygen atoms in total. The number of ether oxygens (including phenoxy) is 1. The second-order valence-corrected chi connectivity index (χ2v) is 4.73. The lowest BCUT2D eigenvalue weighted by atomic mass is 10.3. The van der Waals surface area contributed by atoms with E-state index in [0.29, 0.717) is 25.4 Å². The van der Waals surface area contributed by atoms with Crippen molar-refractivity contribution in [1.82, 2.24) is 10.6 Å². The predicted octanol–water partition coefficient (Wildman–Crippen LogP) is 1.74. The van der Waals surface area contributed by atoms with Gasteiger partial charge < -0.3 is 15.4 Å². The first kappa shape index (κ1) is 16.7. The number of amides is 1. The van der Waals surface area contributed by atoms with Gasteiger partial charge in [-0.3, -0.25) is 4.79 Å². The summed E-state index contributed by atoms with van der Waals surface area (Å²) in [7, 11) is 0. The van der Waals surface area contributed by atoms with Crippen LogP contribution in [0.4, 0.5) is 4.39 Å². The summed E-state index contributed by atoms with van der Waals surface area (Å²) in [5.74, 6) is 0.875. The molecular weight excluding hydrogens is 283 g/mol. The quantitative estimate of drug-likeness (QED) is 0.719. The smallest absolute Gasteiger partial charge is 0.234 e. The number of nitrogens with one attached hydrogen (secondary N) is 2. The second kappa shape index (κ2) is 8.76. The molecule has 0 unspecified atom stereocenters. The summed E-state index contributed by atoms with van der Waals surface area (Å²) in [4.78, 5) is 11.4. The third kappa shape index (κ3) is 6.73. The zero-order chi connectivity index (χ0) is 13.5. The highest BCUT2D eigenvalue weighted by atomic mass is 35.5. The third-order valence-electron chi connectivity index (χ3n) is 2.90. The largest absolute Gasteiger partial charge is 0.492 e. The van der Waals surface area contributed by atoms with Crippen LogP contribution in [0.25, 0.3) is 0 Å². The van der Waals surface area contributed by atoms with Gasteiger partial charge in [0.05, 0.1) is 13.1 Å². The van der Waals surface area contributed by atoms with Crippen molar-refractivity contribution in [3.8, 4) is 5.75 Å². The number of carbonyl (C=O) groups excluding carboxylic acids is 1. The van der Waals surface area contributed by atoms with Gasteiger partial charge in [0.2, 0.25) is 5.91 Å². The molecule has 1 amide bonds. The average Bonchev–Trinajstić information content (AvgIpc) is 3.19. The van der Waals surface area contributed by atoms with Crippen LogP contribution in [-0.2, 0) is 4.79 Å². The van der Waals surface area contributed by atoms with Gasteiger partial charge in [-0.25, -0.2) is 4.39 Å². The zero-order valence-corrected chi connectivity index (χ0v) is 12.0. The molecule has 1 saturated carbocycles. The molecule has 0 aliphatic heterocycles. The lowest BCUT2D eigenvalue weighted by Gasteiger charge is -2.08. The molecule has 0 aromatic heterocycles. The molecule has 0 bridgehead atoms. The number of hydrogen-bond donors (Lipinski definition) is 2. The van der Waals surface area contributed by atoms with E-state index < -0.39 is 0 Å². The highest BCUT2D eigenvalue weighted by Crippen LogP contribution is 2.27. The van der Waals surface area contributed by atoms with Crippen molar-refractivity contribution in [2.75, 3.05) is 26.2 Å². The van der Waals surface area contributed by atoms with Crippen molar-refractivity contribution in [2.24, 2.45) is 5.92 Å². The highest BCUT2D eigenvalue weighted by Gasteiger charge is 2.20. The van der Waals surface area contributed by atoms with Gasteiger partial charge in [0.1, 0.15) is 18.2 Å². The Labute approximate surface area is 124 Å². The molecule has 0 radical (unpaired) electrons. The molecule has 1 fully saturated rings. The normalized spacial score (nSPS) is 13.4. The SMILES string of the molecule is Cl.O=C(CNCC1CC1)NCCOc1cccc(F)c1. The van der Waals surface area contributed by atoms with Gasteiger partial charge in [0, 0.05) is 6.07 Å². The maximum Gasteiger partial charge on any atom is 0.234 e. The van der Waals surface area contributed by atoms with Crippen molar-refractivity contribution >= 4 is 18.3 Å². The molecule has 0 atom stereocenters. The number of halogens is 2. The van der Waals surface area contributed by atoms with Gasteiger partial charge in [-0.15, -0.1) is 12.4 Å². The molecular formula is C14H20ClFN2O2. The molecule has 0 saturated heterocycles. The van der Waals surface area contributed by atoms with E-state index in [4.69, 9.17) is 4.74 Å². The first-order valence-electron chi connectivity index (χ1n) is 6.60. The highest BCUT2D eigenvalue weighted by molar-refractivity contribution is 5.85. The van der Waals surface area contributed by atoms with Crippen LogP contribution in [0.2, 0.25) is 0 Å². The van der Waals surface area contributed by atoms with Crippen LogP contribution in [0.15, 0.2) is 24.3 Å². The number of hydrogen-bond acceptors (Lipinski definition) is 3. The van der Waals surface area contributed by atoms with Gasteiger partial charge in [-0.1, -0.05) is 6.07 Å². The molecule has 0 heterocycles.